The van der Waals surface area contributed by atoms with E-state index in [1.807, 2.05) is 24.3 Å². The summed E-state index contributed by atoms with van der Waals surface area (Å²) >= 11 is 0. The van der Waals surface area contributed by atoms with Crippen LogP contribution in [-0.2, 0) is 23.9 Å². The molecule has 0 bridgehead atoms. The fourth-order valence-electron chi connectivity index (χ4n) is 5.36. The van der Waals surface area contributed by atoms with Crippen LogP contribution in [0.4, 0.5) is 0 Å². The van der Waals surface area contributed by atoms with Crippen molar-refractivity contribution in [1.82, 2.24) is 0 Å². The van der Waals surface area contributed by atoms with Crippen LogP contribution >= 0.6 is 0 Å². The molecule has 0 amide bonds. The summed E-state index contributed by atoms with van der Waals surface area (Å²) < 4.78 is 15.9. The molecule has 1 aromatic carbocycles. The summed E-state index contributed by atoms with van der Waals surface area (Å²) in [5.74, 6) is 1.31. The standard InChI is InChI=1S/C28H38O6/c1-4-26(29)32-17-18-33-27(30)22-13-9-20(10-14-22)21-11-15-23(16-12-21)28(31)34-25-8-6-5-7-24(25)19(2)3/h4-8,19-23H,1,9-18H2,2-3H3. The van der Waals surface area contributed by atoms with Crippen LogP contribution in [-0.4, -0.2) is 31.1 Å². The SMILES string of the molecule is C=CC(=O)OCCOC(=O)C1CCC(C2CCC(C(=O)Oc3ccccc3C(C)C)CC2)CC1. The van der Waals surface area contributed by atoms with Gasteiger partial charge >= 0.3 is 17.9 Å². The Bertz CT molecular complexity index is 844. The van der Waals surface area contributed by atoms with E-state index >= 15 is 0 Å². The van der Waals surface area contributed by atoms with Gasteiger partial charge in [0.15, 0.2) is 0 Å². The van der Waals surface area contributed by atoms with Crippen LogP contribution in [0.2, 0.25) is 0 Å². The molecule has 34 heavy (non-hydrogen) atoms. The Labute approximate surface area is 203 Å². The topological polar surface area (TPSA) is 78.9 Å². The molecule has 0 atom stereocenters. The second kappa shape index (κ2) is 12.7. The Morgan fingerprint density at radius 1 is 0.853 bits per heavy atom. The summed E-state index contributed by atoms with van der Waals surface area (Å²) in [5.41, 5.74) is 1.07. The van der Waals surface area contributed by atoms with Gasteiger partial charge in [-0.1, -0.05) is 38.6 Å². The van der Waals surface area contributed by atoms with Gasteiger partial charge in [-0.2, -0.15) is 0 Å². The van der Waals surface area contributed by atoms with Crippen molar-refractivity contribution in [2.24, 2.45) is 23.7 Å². The first kappa shape index (κ1) is 26.0. The lowest BCUT2D eigenvalue weighted by atomic mass is 9.69. The number of rotatable bonds is 9. The molecule has 2 saturated carbocycles. The number of esters is 3. The lowest BCUT2D eigenvalue weighted by molar-refractivity contribution is -0.154. The predicted octanol–water partition coefficient (Wildman–Crippen LogP) is 5.60. The minimum atomic E-state index is -0.514. The average Bonchev–Trinajstić information content (AvgIpc) is 2.86. The molecule has 0 aromatic heterocycles. The molecule has 0 spiro atoms. The molecule has 0 unspecified atom stereocenters. The number of carbonyl (C=O) groups excluding carboxylic acids is 3. The van der Waals surface area contributed by atoms with E-state index in [2.05, 4.69) is 20.4 Å². The molecule has 2 fully saturated rings. The molecule has 0 radical (unpaired) electrons. The minimum Gasteiger partial charge on any atom is -0.462 e. The van der Waals surface area contributed by atoms with Crippen LogP contribution in [0.1, 0.15) is 76.7 Å². The number of hydrogen-bond donors (Lipinski definition) is 0. The van der Waals surface area contributed by atoms with E-state index in [-0.39, 0.29) is 37.0 Å². The predicted molar refractivity (Wildman–Crippen MR) is 129 cm³/mol. The molecule has 2 aliphatic carbocycles. The first-order chi connectivity index (χ1) is 16.4. The summed E-state index contributed by atoms with van der Waals surface area (Å²) in [6.07, 6.45) is 8.64. The zero-order valence-electron chi connectivity index (χ0n) is 20.5. The van der Waals surface area contributed by atoms with Crippen molar-refractivity contribution in [3.8, 4) is 5.75 Å². The second-order valence-corrected chi connectivity index (χ2v) is 9.88. The van der Waals surface area contributed by atoms with Crippen LogP contribution in [0.3, 0.4) is 0 Å². The second-order valence-electron chi connectivity index (χ2n) is 9.88. The maximum atomic E-state index is 12.8. The van der Waals surface area contributed by atoms with Crippen molar-refractivity contribution in [1.29, 1.82) is 0 Å². The molecule has 0 saturated heterocycles. The van der Waals surface area contributed by atoms with E-state index < -0.39 is 5.97 Å². The van der Waals surface area contributed by atoms with Gasteiger partial charge in [0.2, 0.25) is 0 Å². The highest BCUT2D eigenvalue weighted by molar-refractivity contribution is 5.81. The maximum Gasteiger partial charge on any atom is 0.330 e. The molecule has 0 heterocycles. The Morgan fingerprint density at radius 2 is 1.38 bits per heavy atom. The third kappa shape index (κ3) is 7.18. The van der Waals surface area contributed by atoms with Gasteiger partial charge in [0.1, 0.15) is 19.0 Å². The molecule has 0 N–H and O–H groups in total. The van der Waals surface area contributed by atoms with Gasteiger partial charge in [-0.3, -0.25) is 9.59 Å². The van der Waals surface area contributed by atoms with E-state index in [1.165, 1.54) is 0 Å². The van der Waals surface area contributed by atoms with Crippen molar-refractivity contribution in [3.05, 3.63) is 42.5 Å². The average molecular weight is 471 g/mol. The lowest BCUT2D eigenvalue weighted by Gasteiger charge is -2.36. The van der Waals surface area contributed by atoms with Gasteiger partial charge in [-0.25, -0.2) is 4.79 Å². The van der Waals surface area contributed by atoms with Crippen LogP contribution in [0.15, 0.2) is 36.9 Å². The minimum absolute atomic E-state index is 0.0297. The van der Waals surface area contributed by atoms with Crippen LogP contribution in [0.25, 0.3) is 0 Å². The summed E-state index contributed by atoms with van der Waals surface area (Å²) in [6.45, 7) is 7.67. The van der Waals surface area contributed by atoms with Crippen molar-refractivity contribution in [3.63, 3.8) is 0 Å². The third-order valence-corrected chi connectivity index (χ3v) is 7.37. The fourth-order valence-corrected chi connectivity index (χ4v) is 5.36. The van der Waals surface area contributed by atoms with Crippen LogP contribution < -0.4 is 4.74 Å². The summed E-state index contributed by atoms with van der Waals surface area (Å²) in [7, 11) is 0. The Morgan fingerprint density at radius 3 is 1.94 bits per heavy atom. The summed E-state index contributed by atoms with van der Waals surface area (Å²) in [5, 5.41) is 0. The quantitative estimate of drug-likeness (QED) is 0.202. The van der Waals surface area contributed by atoms with E-state index in [0.29, 0.717) is 23.5 Å². The number of benzene rings is 1. The zero-order chi connectivity index (χ0) is 24.5. The van der Waals surface area contributed by atoms with E-state index in [4.69, 9.17) is 14.2 Å². The molecular weight excluding hydrogens is 432 g/mol. The van der Waals surface area contributed by atoms with Crippen molar-refractivity contribution in [2.75, 3.05) is 13.2 Å². The Hall–Kier alpha value is -2.63. The number of carbonyl (C=O) groups is 3. The molecule has 2 aliphatic rings. The van der Waals surface area contributed by atoms with E-state index in [9.17, 15) is 14.4 Å². The summed E-state index contributed by atoms with van der Waals surface area (Å²) in [6, 6.07) is 7.80. The fraction of sp³-hybridized carbons (Fsp3) is 0.607. The van der Waals surface area contributed by atoms with Crippen LogP contribution in [0, 0.1) is 23.7 Å². The van der Waals surface area contributed by atoms with Crippen molar-refractivity contribution < 1.29 is 28.6 Å². The first-order valence-corrected chi connectivity index (χ1v) is 12.7. The zero-order valence-corrected chi connectivity index (χ0v) is 20.5. The first-order valence-electron chi connectivity index (χ1n) is 12.7. The van der Waals surface area contributed by atoms with E-state index in [1.54, 1.807) is 0 Å². The maximum absolute atomic E-state index is 12.8. The van der Waals surface area contributed by atoms with Crippen molar-refractivity contribution in [2.45, 2.75) is 71.1 Å². The van der Waals surface area contributed by atoms with Gasteiger partial charge < -0.3 is 14.2 Å². The molecule has 6 nitrogen and oxygen atoms in total. The van der Waals surface area contributed by atoms with Gasteiger partial charge in [0, 0.05) is 6.08 Å². The molecule has 3 rings (SSSR count). The van der Waals surface area contributed by atoms with Crippen molar-refractivity contribution >= 4 is 17.9 Å². The molecule has 1 aromatic rings. The highest BCUT2D eigenvalue weighted by Gasteiger charge is 2.35. The number of para-hydroxylation sites is 1. The third-order valence-electron chi connectivity index (χ3n) is 7.37. The van der Waals surface area contributed by atoms with Gasteiger partial charge in [-0.05, 0) is 80.8 Å². The molecule has 0 aliphatic heterocycles. The smallest absolute Gasteiger partial charge is 0.330 e. The van der Waals surface area contributed by atoms with Crippen LogP contribution in [0.5, 0.6) is 5.75 Å². The number of ether oxygens (including phenoxy) is 3. The Balaban J connectivity index is 1.37. The highest BCUT2D eigenvalue weighted by Crippen LogP contribution is 2.42. The van der Waals surface area contributed by atoms with Gasteiger partial charge in [0.25, 0.3) is 0 Å². The lowest BCUT2D eigenvalue weighted by Crippen LogP contribution is -2.31. The highest BCUT2D eigenvalue weighted by atomic mass is 16.6. The largest absolute Gasteiger partial charge is 0.462 e. The summed E-state index contributed by atoms with van der Waals surface area (Å²) in [4.78, 5) is 36.1. The van der Waals surface area contributed by atoms with Gasteiger partial charge in [-0.15, -0.1) is 0 Å². The normalized spacial score (nSPS) is 24.8. The monoisotopic (exact) mass is 470 g/mol. The van der Waals surface area contributed by atoms with E-state index in [0.717, 1.165) is 63.0 Å². The van der Waals surface area contributed by atoms with Gasteiger partial charge in [0.05, 0.1) is 11.8 Å². The Kier molecular flexibility index (Phi) is 9.73. The molecule has 6 heteroatoms. The molecular formula is C28H38O6. The molecule has 186 valence electrons. The number of hydrogen-bond acceptors (Lipinski definition) is 6.